The van der Waals surface area contributed by atoms with E-state index >= 15 is 0 Å². The molecular weight excluding hydrogens is 251 g/mol. The van der Waals surface area contributed by atoms with Crippen LogP contribution < -0.4 is 4.74 Å². The Bertz CT molecular complexity index is 363. The molecule has 0 radical (unpaired) electrons. The van der Waals surface area contributed by atoms with Crippen LogP contribution in [0.1, 0.15) is 5.56 Å². The molecule has 1 rings (SSSR count). The predicted molar refractivity (Wildman–Crippen MR) is 50.2 cm³/mol. The van der Waals surface area contributed by atoms with E-state index in [1.54, 1.807) is 0 Å². The van der Waals surface area contributed by atoms with Crippen LogP contribution in [-0.2, 0) is 6.18 Å². The molecule has 1 nitrogen and oxygen atoms in total. The highest BCUT2D eigenvalue weighted by Gasteiger charge is 2.33. The third-order valence-electron chi connectivity index (χ3n) is 1.67. The molecular formula is C9H7F5OS. The molecule has 0 fully saturated rings. The first-order chi connectivity index (χ1) is 7.32. The first-order valence-electron chi connectivity index (χ1n) is 4.12. The number of benzene rings is 1. The minimum atomic E-state index is -4.58. The smallest absolute Gasteiger partial charge is 0.417 e. The van der Waals surface area contributed by atoms with Crippen LogP contribution in [0.25, 0.3) is 0 Å². The number of halogens is 5. The van der Waals surface area contributed by atoms with Gasteiger partial charge in [-0.15, -0.1) is 12.6 Å². The molecule has 0 amide bonds. The van der Waals surface area contributed by atoms with E-state index in [9.17, 15) is 22.0 Å². The Kier molecular flexibility index (Phi) is 4.01. The second kappa shape index (κ2) is 4.90. The molecule has 0 aliphatic rings. The van der Waals surface area contributed by atoms with E-state index < -0.39 is 29.7 Å². The van der Waals surface area contributed by atoms with Crippen molar-refractivity contribution >= 4 is 12.6 Å². The second-order valence-electron chi connectivity index (χ2n) is 2.85. The van der Waals surface area contributed by atoms with Crippen molar-refractivity contribution in [2.45, 2.75) is 17.5 Å². The largest absolute Gasteiger partial charge is 0.486 e. The molecule has 16 heavy (non-hydrogen) atoms. The average Bonchev–Trinajstić information content (AvgIpc) is 2.14. The van der Waals surface area contributed by atoms with Crippen molar-refractivity contribution in [2.75, 3.05) is 6.61 Å². The molecule has 0 aromatic heterocycles. The zero-order valence-electron chi connectivity index (χ0n) is 7.76. The van der Waals surface area contributed by atoms with Crippen LogP contribution >= 0.6 is 12.6 Å². The summed E-state index contributed by atoms with van der Waals surface area (Å²) in [5.74, 6) is -0.307. The fraction of sp³-hybridized carbons (Fsp3) is 0.333. The van der Waals surface area contributed by atoms with Crippen LogP contribution in [0, 0.1) is 0 Å². The van der Waals surface area contributed by atoms with Gasteiger partial charge in [0.1, 0.15) is 12.4 Å². The topological polar surface area (TPSA) is 9.23 Å². The second-order valence-corrected chi connectivity index (χ2v) is 3.30. The van der Waals surface area contributed by atoms with Crippen molar-refractivity contribution in [3.05, 3.63) is 23.8 Å². The standard InChI is InChI=1S/C9H7F5OS/c10-7(11)4-15-6-3-1-2-5(8(6)16)9(12,13)14/h1-3,7,16H,4H2. The zero-order chi connectivity index (χ0) is 12.3. The molecule has 0 aliphatic heterocycles. The van der Waals surface area contributed by atoms with E-state index in [-0.39, 0.29) is 5.75 Å². The van der Waals surface area contributed by atoms with Gasteiger partial charge in [0.05, 0.1) is 10.5 Å². The van der Waals surface area contributed by atoms with Crippen molar-refractivity contribution in [3.63, 3.8) is 0 Å². The molecule has 0 saturated heterocycles. The summed E-state index contributed by atoms with van der Waals surface area (Å²) in [5.41, 5.74) is -1.01. The van der Waals surface area contributed by atoms with Gasteiger partial charge in [0.15, 0.2) is 0 Å². The summed E-state index contributed by atoms with van der Waals surface area (Å²) in [5, 5.41) is 0. The first-order valence-corrected chi connectivity index (χ1v) is 4.57. The van der Waals surface area contributed by atoms with E-state index in [1.807, 2.05) is 0 Å². The molecule has 0 N–H and O–H groups in total. The van der Waals surface area contributed by atoms with E-state index in [1.165, 1.54) is 0 Å². The van der Waals surface area contributed by atoms with E-state index in [2.05, 4.69) is 17.4 Å². The maximum absolute atomic E-state index is 12.4. The van der Waals surface area contributed by atoms with E-state index in [0.717, 1.165) is 18.2 Å². The van der Waals surface area contributed by atoms with Gasteiger partial charge in [0, 0.05) is 0 Å². The fourth-order valence-corrected chi connectivity index (χ4v) is 1.36. The lowest BCUT2D eigenvalue weighted by Gasteiger charge is -2.13. The third-order valence-corrected chi connectivity index (χ3v) is 2.13. The van der Waals surface area contributed by atoms with Crippen LogP contribution in [0.5, 0.6) is 5.75 Å². The molecule has 0 atom stereocenters. The first kappa shape index (κ1) is 13.1. The van der Waals surface area contributed by atoms with Crippen molar-refractivity contribution < 1.29 is 26.7 Å². The summed E-state index contributed by atoms with van der Waals surface area (Å²) < 4.78 is 65.3. The Labute approximate surface area is 93.6 Å². The molecule has 90 valence electrons. The van der Waals surface area contributed by atoms with Gasteiger partial charge in [-0.2, -0.15) is 13.2 Å². The SMILES string of the molecule is FC(F)COc1cccc(C(F)(F)F)c1S. The predicted octanol–water partition coefficient (Wildman–Crippen LogP) is 3.64. The number of hydrogen-bond donors (Lipinski definition) is 1. The number of rotatable bonds is 3. The van der Waals surface area contributed by atoms with Crippen molar-refractivity contribution in [1.29, 1.82) is 0 Å². The summed E-state index contributed by atoms with van der Waals surface area (Å²) in [6.45, 7) is -0.963. The Balaban J connectivity index is 2.96. The summed E-state index contributed by atoms with van der Waals surface area (Å²) in [6, 6.07) is 3.03. The summed E-state index contributed by atoms with van der Waals surface area (Å²) in [7, 11) is 0. The van der Waals surface area contributed by atoms with Gasteiger partial charge in [-0.25, -0.2) is 8.78 Å². The van der Waals surface area contributed by atoms with Gasteiger partial charge in [0.2, 0.25) is 0 Å². The third kappa shape index (κ3) is 3.26. The van der Waals surface area contributed by atoms with Crippen LogP contribution in [0.4, 0.5) is 22.0 Å². The lowest BCUT2D eigenvalue weighted by Crippen LogP contribution is -2.10. The van der Waals surface area contributed by atoms with Gasteiger partial charge in [-0.1, -0.05) is 6.07 Å². The van der Waals surface area contributed by atoms with Crippen LogP contribution in [0.15, 0.2) is 23.1 Å². The van der Waals surface area contributed by atoms with Crippen LogP contribution in [-0.4, -0.2) is 13.0 Å². The highest BCUT2D eigenvalue weighted by molar-refractivity contribution is 7.80. The fourth-order valence-electron chi connectivity index (χ4n) is 1.02. The van der Waals surface area contributed by atoms with E-state index in [0.29, 0.717) is 0 Å². The van der Waals surface area contributed by atoms with Gasteiger partial charge in [0.25, 0.3) is 6.43 Å². The van der Waals surface area contributed by atoms with Crippen molar-refractivity contribution in [2.24, 2.45) is 0 Å². The molecule has 1 aromatic rings. The summed E-state index contributed by atoms with van der Waals surface area (Å²) >= 11 is 3.62. The maximum atomic E-state index is 12.4. The zero-order valence-corrected chi connectivity index (χ0v) is 8.66. The quantitative estimate of drug-likeness (QED) is 0.643. The molecule has 0 aliphatic carbocycles. The molecule has 1 aromatic carbocycles. The summed E-state index contributed by atoms with van der Waals surface area (Å²) in [6.07, 6.45) is -7.33. The molecule has 0 spiro atoms. The molecule has 0 bridgehead atoms. The Morgan fingerprint density at radius 1 is 1.25 bits per heavy atom. The highest BCUT2D eigenvalue weighted by Crippen LogP contribution is 2.38. The lowest BCUT2D eigenvalue weighted by molar-refractivity contribution is -0.139. The van der Waals surface area contributed by atoms with E-state index in [4.69, 9.17) is 0 Å². The van der Waals surface area contributed by atoms with Crippen molar-refractivity contribution in [1.82, 2.24) is 0 Å². The lowest BCUT2D eigenvalue weighted by atomic mass is 10.2. The van der Waals surface area contributed by atoms with Crippen LogP contribution in [0.3, 0.4) is 0 Å². The normalized spacial score (nSPS) is 11.9. The number of alkyl halides is 5. The van der Waals surface area contributed by atoms with Crippen LogP contribution in [0.2, 0.25) is 0 Å². The maximum Gasteiger partial charge on any atom is 0.417 e. The molecule has 0 heterocycles. The Morgan fingerprint density at radius 3 is 2.38 bits per heavy atom. The number of hydrogen-bond acceptors (Lipinski definition) is 2. The molecule has 0 saturated carbocycles. The highest BCUT2D eigenvalue weighted by atomic mass is 32.1. The summed E-state index contributed by atoms with van der Waals surface area (Å²) in [4.78, 5) is -0.490. The Morgan fingerprint density at radius 2 is 1.88 bits per heavy atom. The molecule has 0 unspecified atom stereocenters. The van der Waals surface area contributed by atoms with Gasteiger partial charge in [-0.05, 0) is 12.1 Å². The number of ether oxygens (including phenoxy) is 1. The Hall–Kier alpha value is -0.980. The molecule has 7 heteroatoms. The minimum Gasteiger partial charge on any atom is -0.486 e. The van der Waals surface area contributed by atoms with Crippen molar-refractivity contribution in [3.8, 4) is 5.75 Å². The van der Waals surface area contributed by atoms with Gasteiger partial charge >= 0.3 is 6.18 Å². The van der Waals surface area contributed by atoms with Gasteiger partial charge in [-0.3, -0.25) is 0 Å². The minimum absolute atomic E-state index is 0.307. The average molecular weight is 258 g/mol. The monoisotopic (exact) mass is 258 g/mol. The van der Waals surface area contributed by atoms with Gasteiger partial charge < -0.3 is 4.74 Å². The number of thiol groups is 1.